The van der Waals surface area contributed by atoms with Crippen molar-refractivity contribution in [1.29, 1.82) is 0 Å². The van der Waals surface area contributed by atoms with E-state index < -0.39 is 4.92 Å². The average molecular weight is 223 g/mol. The Bertz CT molecular complexity index is 379. The molecular formula is C10H13N3O3. The van der Waals surface area contributed by atoms with E-state index >= 15 is 0 Å². The van der Waals surface area contributed by atoms with Crippen LogP contribution in [0.1, 0.15) is 0 Å². The van der Waals surface area contributed by atoms with Gasteiger partial charge >= 0.3 is 0 Å². The van der Waals surface area contributed by atoms with Crippen LogP contribution in [0.15, 0.2) is 24.3 Å². The fourth-order valence-electron chi connectivity index (χ4n) is 1.70. The molecule has 1 heterocycles. The predicted molar refractivity (Wildman–Crippen MR) is 59.2 cm³/mol. The average Bonchev–Trinajstić information content (AvgIpc) is 2.77. The minimum atomic E-state index is -0.403. The molecule has 86 valence electrons. The number of benzene rings is 1. The zero-order valence-electron chi connectivity index (χ0n) is 8.92. The van der Waals surface area contributed by atoms with Crippen LogP contribution in [0.25, 0.3) is 0 Å². The molecule has 6 nitrogen and oxygen atoms in total. The molecule has 1 aromatic carbocycles. The molecule has 0 spiro atoms. The molecule has 1 aliphatic rings. The van der Waals surface area contributed by atoms with Crippen molar-refractivity contribution in [3.63, 3.8) is 0 Å². The number of hydrogen-bond acceptors (Lipinski definition) is 5. The van der Waals surface area contributed by atoms with E-state index in [4.69, 9.17) is 4.74 Å². The monoisotopic (exact) mass is 223 g/mol. The first kappa shape index (κ1) is 10.8. The summed E-state index contributed by atoms with van der Waals surface area (Å²) in [6.45, 7) is 1.12. The van der Waals surface area contributed by atoms with Crippen molar-refractivity contribution in [3.05, 3.63) is 34.4 Å². The maximum atomic E-state index is 10.5. The van der Waals surface area contributed by atoms with Gasteiger partial charge in [-0.25, -0.2) is 0 Å². The summed E-state index contributed by atoms with van der Waals surface area (Å²) in [6.07, 6.45) is 0.126. The lowest BCUT2D eigenvalue weighted by atomic mass is 10.2. The van der Waals surface area contributed by atoms with Gasteiger partial charge in [0.25, 0.3) is 5.69 Å². The number of nitro benzene ring substituents is 1. The van der Waals surface area contributed by atoms with Crippen molar-refractivity contribution < 1.29 is 9.66 Å². The van der Waals surface area contributed by atoms with E-state index in [0.717, 1.165) is 5.69 Å². The lowest BCUT2D eigenvalue weighted by Gasteiger charge is -2.23. The minimum Gasteiger partial charge on any atom is -0.358 e. The number of likely N-dealkylation sites (N-methyl/N-ethyl adjacent to an activating group) is 1. The molecule has 0 bridgehead atoms. The number of nitro groups is 1. The molecule has 16 heavy (non-hydrogen) atoms. The van der Waals surface area contributed by atoms with Crippen LogP contribution in [-0.2, 0) is 4.74 Å². The molecule has 1 saturated heterocycles. The molecule has 1 aromatic rings. The molecule has 0 radical (unpaired) electrons. The Hall–Kier alpha value is -1.66. The summed E-state index contributed by atoms with van der Waals surface area (Å²) in [5.74, 6) is 0. The number of rotatable bonds is 3. The number of nitrogens with one attached hydrogen (secondary N) is 1. The van der Waals surface area contributed by atoms with Gasteiger partial charge in [0.2, 0.25) is 0 Å². The van der Waals surface area contributed by atoms with E-state index in [-0.39, 0.29) is 11.9 Å². The lowest BCUT2D eigenvalue weighted by molar-refractivity contribution is -0.384. The number of non-ortho nitro benzene ring substituents is 1. The second-order valence-electron chi connectivity index (χ2n) is 3.55. The molecule has 0 aromatic heterocycles. The van der Waals surface area contributed by atoms with Gasteiger partial charge < -0.3 is 9.64 Å². The standard InChI is InChI=1S/C10H13N3O3/c1-11-10-6-16-7-12(10)8-2-4-9(5-3-8)13(14)15/h2-5,10-11H,6-7H2,1H3. The van der Waals surface area contributed by atoms with Crippen LogP contribution >= 0.6 is 0 Å². The predicted octanol–water partition coefficient (Wildman–Crippen LogP) is 0.934. The number of anilines is 1. The van der Waals surface area contributed by atoms with Crippen molar-refractivity contribution in [2.75, 3.05) is 25.3 Å². The summed E-state index contributed by atoms with van der Waals surface area (Å²) in [4.78, 5) is 12.1. The molecule has 0 saturated carbocycles. The highest BCUT2D eigenvalue weighted by Gasteiger charge is 2.24. The van der Waals surface area contributed by atoms with Crippen LogP contribution in [0.5, 0.6) is 0 Å². The summed E-state index contributed by atoms with van der Waals surface area (Å²) in [5.41, 5.74) is 1.02. The van der Waals surface area contributed by atoms with Gasteiger partial charge in [0.1, 0.15) is 12.9 Å². The van der Waals surface area contributed by atoms with Gasteiger partial charge in [0.05, 0.1) is 11.5 Å². The Labute approximate surface area is 93.0 Å². The summed E-state index contributed by atoms with van der Waals surface area (Å²) in [5, 5.41) is 13.6. The number of hydrogen-bond donors (Lipinski definition) is 1. The fourth-order valence-corrected chi connectivity index (χ4v) is 1.70. The molecule has 1 aliphatic heterocycles. The van der Waals surface area contributed by atoms with Gasteiger partial charge in [-0.1, -0.05) is 0 Å². The quantitative estimate of drug-likeness (QED) is 0.610. The van der Waals surface area contributed by atoms with Gasteiger partial charge in [-0.2, -0.15) is 0 Å². The van der Waals surface area contributed by atoms with Crippen LogP contribution in [-0.4, -0.2) is 31.5 Å². The first-order valence-corrected chi connectivity index (χ1v) is 4.98. The third kappa shape index (κ3) is 1.98. The van der Waals surface area contributed by atoms with E-state index in [1.165, 1.54) is 12.1 Å². The minimum absolute atomic E-state index is 0.102. The van der Waals surface area contributed by atoms with Gasteiger partial charge in [-0.15, -0.1) is 0 Å². The van der Waals surface area contributed by atoms with Crippen molar-refractivity contribution in [2.24, 2.45) is 0 Å². The summed E-state index contributed by atoms with van der Waals surface area (Å²) < 4.78 is 5.32. The van der Waals surface area contributed by atoms with Crippen molar-refractivity contribution in [3.8, 4) is 0 Å². The van der Waals surface area contributed by atoms with Crippen LogP contribution in [0, 0.1) is 10.1 Å². The molecule has 6 heteroatoms. The molecule has 1 atom stereocenters. The van der Waals surface area contributed by atoms with Gasteiger partial charge in [0.15, 0.2) is 0 Å². The second-order valence-corrected chi connectivity index (χ2v) is 3.55. The molecule has 2 rings (SSSR count). The van der Waals surface area contributed by atoms with Crippen molar-refractivity contribution >= 4 is 11.4 Å². The van der Waals surface area contributed by atoms with Crippen LogP contribution < -0.4 is 10.2 Å². The first-order valence-electron chi connectivity index (χ1n) is 4.98. The largest absolute Gasteiger partial charge is 0.358 e. The Balaban J connectivity index is 2.18. The van der Waals surface area contributed by atoms with Crippen LogP contribution in [0.3, 0.4) is 0 Å². The summed E-state index contributed by atoms with van der Waals surface area (Å²) in [7, 11) is 1.86. The van der Waals surface area contributed by atoms with E-state index in [9.17, 15) is 10.1 Å². The Kier molecular flexibility index (Phi) is 3.02. The Morgan fingerprint density at radius 2 is 2.19 bits per heavy atom. The molecule has 0 aliphatic carbocycles. The SMILES string of the molecule is CNC1COCN1c1ccc([N+](=O)[O-])cc1. The third-order valence-corrected chi connectivity index (χ3v) is 2.61. The molecular weight excluding hydrogens is 210 g/mol. The van der Waals surface area contributed by atoms with E-state index in [1.54, 1.807) is 12.1 Å². The number of nitrogens with zero attached hydrogens (tertiary/aromatic N) is 2. The Morgan fingerprint density at radius 3 is 2.75 bits per heavy atom. The molecule has 1 fully saturated rings. The van der Waals surface area contributed by atoms with Crippen molar-refractivity contribution in [1.82, 2.24) is 5.32 Å². The van der Waals surface area contributed by atoms with E-state index in [0.29, 0.717) is 13.3 Å². The number of ether oxygens (including phenoxy) is 1. The smallest absolute Gasteiger partial charge is 0.269 e. The molecule has 0 amide bonds. The zero-order chi connectivity index (χ0) is 11.5. The van der Waals surface area contributed by atoms with Crippen LogP contribution in [0.2, 0.25) is 0 Å². The van der Waals surface area contributed by atoms with E-state index in [2.05, 4.69) is 5.32 Å². The first-order chi connectivity index (χ1) is 7.72. The van der Waals surface area contributed by atoms with Crippen LogP contribution in [0.4, 0.5) is 11.4 Å². The lowest BCUT2D eigenvalue weighted by Crippen LogP contribution is -2.40. The highest BCUT2D eigenvalue weighted by molar-refractivity contribution is 5.51. The van der Waals surface area contributed by atoms with Gasteiger partial charge in [-0.05, 0) is 19.2 Å². The Morgan fingerprint density at radius 1 is 1.50 bits per heavy atom. The fraction of sp³-hybridized carbons (Fsp3) is 0.400. The topological polar surface area (TPSA) is 67.6 Å². The zero-order valence-corrected chi connectivity index (χ0v) is 8.92. The second kappa shape index (κ2) is 4.46. The summed E-state index contributed by atoms with van der Waals surface area (Å²) >= 11 is 0. The van der Waals surface area contributed by atoms with E-state index in [1.807, 2.05) is 11.9 Å². The highest BCUT2D eigenvalue weighted by atomic mass is 16.6. The summed E-state index contributed by atoms with van der Waals surface area (Å²) in [6, 6.07) is 6.47. The molecule has 1 unspecified atom stereocenters. The maximum absolute atomic E-state index is 10.5. The van der Waals surface area contributed by atoms with Gasteiger partial charge in [-0.3, -0.25) is 15.4 Å². The maximum Gasteiger partial charge on any atom is 0.269 e. The molecule has 1 N–H and O–H groups in total. The third-order valence-electron chi connectivity index (χ3n) is 2.61. The highest BCUT2D eigenvalue weighted by Crippen LogP contribution is 2.22. The normalized spacial score (nSPS) is 20.1. The van der Waals surface area contributed by atoms with Gasteiger partial charge in [0, 0.05) is 17.8 Å². The van der Waals surface area contributed by atoms with Crippen molar-refractivity contribution in [2.45, 2.75) is 6.17 Å².